The molecule has 1 aromatic rings. The highest BCUT2D eigenvalue weighted by molar-refractivity contribution is 5.78. The molecule has 134 valence electrons. The number of carbonyl (C=O) groups is 1. The van der Waals surface area contributed by atoms with Gasteiger partial charge in [0.05, 0.1) is 0 Å². The Morgan fingerprint density at radius 3 is 2.50 bits per heavy atom. The van der Waals surface area contributed by atoms with Gasteiger partial charge in [-0.2, -0.15) is 13.2 Å². The molecule has 2 atom stereocenters. The summed E-state index contributed by atoms with van der Waals surface area (Å²) in [5, 5.41) is 0. The number of hydrogen-bond donors (Lipinski definition) is 1. The fourth-order valence-electron chi connectivity index (χ4n) is 2.65. The summed E-state index contributed by atoms with van der Waals surface area (Å²) in [6.45, 7) is 0.794. The molecule has 0 radical (unpaired) electrons. The zero-order valence-corrected chi connectivity index (χ0v) is 13.4. The number of hydrogen-bond acceptors (Lipinski definition) is 4. The Hall–Kier alpha value is -1.96. The third-order valence-corrected chi connectivity index (χ3v) is 3.83. The van der Waals surface area contributed by atoms with Gasteiger partial charge in [0.2, 0.25) is 0 Å². The molecule has 0 bridgehead atoms. The number of nitrogens with two attached hydrogens (primary N) is 1. The largest absolute Gasteiger partial charge is 0.480 e. The number of rotatable bonds is 5. The van der Waals surface area contributed by atoms with Crippen molar-refractivity contribution in [2.75, 3.05) is 19.8 Å². The molecule has 0 spiro atoms. The molecule has 1 amide bonds. The molecule has 1 saturated heterocycles. The second-order valence-electron chi connectivity index (χ2n) is 5.86. The van der Waals surface area contributed by atoms with Crippen molar-refractivity contribution < 1.29 is 27.4 Å². The highest BCUT2D eigenvalue weighted by Gasteiger charge is 2.29. The van der Waals surface area contributed by atoms with E-state index in [0.717, 1.165) is 12.8 Å². The summed E-state index contributed by atoms with van der Waals surface area (Å²) in [6, 6.07) is 6.07. The number of piperidine rings is 1. The van der Waals surface area contributed by atoms with Gasteiger partial charge in [-0.25, -0.2) is 0 Å². The van der Waals surface area contributed by atoms with Crippen molar-refractivity contribution in [3.05, 3.63) is 24.3 Å². The Morgan fingerprint density at radius 2 is 1.92 bits per heavy atom. The van der Waals surface area contributed by atoms with Gasteiger partial charge in [0, 0.05) is 18.6 Å². The van der Waals surface area contributed by atoms with Gasteiger partial charge in [-0.3, -0.25) is 4.79 Å². The summed E-state index contributed by atoms with van der Waals surface area (Å²) in [5.74, 6) is -0.159. The molecule has 0 aromatic heterocycles. The lowest BCUT2D eigenvalue weighted by Gasteiger charge is -2.36. The number of amides is 1. The van der Waals surface area contributed by atoms with Crippen LogP contribution in [0.25, 0.3) is 0 Å². The number of alkyl halides is 3. The van der Waals surface area contributed by atoms with Crippen LogP contribution in [0.5, 0.6) is 11.5 Å². The van der Waals surface area contributed by atoms with E-state index < -0.39 is 12.8 Å². The van der Waals surface area contributed by atoms with Crippen molar-refractivity contribution >= 4 is 5.91 Å². The molecular weight excluding hydrogens is 325 g/mol. The van der Waals surface area contributed by atoms with Gasteiger partial charge < -0.3 is 20.1 Å². The molecule has 1 aliphatic heterocycles. The Labute approximate surface area is 138 Å². The van der Waals surface area contributed by atoms with E-state index in [1.165, 1.54) is 18.2 Å². The Balaban J connectivity index is 1.93. The Bertz CT molecular complexity index is 566. The lowest BCUT2D eigenvalue weighted by Crippen LogP contribution is -2.49. The highest BCUT2D eigenvalue weighted by Crippen LogP contribution is 2.28. The molecule has 0 saturated carbocycles. The van der Waals surface area contributed by atoms with Gasteiger partial charge in [-0.05, 0) is 31.9 Å². The van der Waals surface area contributed by atoms with Crippen molar-refractivity contribution in [2.45, 2.75) is 38.0 Å². The van der Waals surface area contributed by atoms with E-state index in [1.807, 2.05) is 6.92 Å². The number of ether oxygens (including phenoxy) is 2. The fraction of sp³-hybridized carbons (Fsp3) is 0.562. The van der Waals surface area contributed by atoms with Crippen molar-refractivity contribution in [2.24, 2.45) is 5.73 Å². The van der Waals surface area contributed by atoms with E-state index in [9.17, 15) is 18.0 Å². The lowest BCUT2D eigenvalue weighted by atomic mass is 9.99. The smallest absolute Gasteiger partial charge is 0.422 e. The maximum Gasteiger partial charge on any atom is 0.422 e. The zero-order chi connectivity index (χ0) is 17.7. The molecule has 2 unspecified atom stereocenters. The summed E-state index contributed by atoms with van der Waals surface area (Å²) >= 11 is 0. The first-order chi connectivity index (χ1) is 11.3. The molecule has 2 rings (SSSR count). The van der Waals surface area contributed by atoms with E-state index >= 15 is 0 Å². The van der Waals surface area contributed by atoms with Crippen LogP contribution in [-0.4, -0.2) is 48.8 Å². The second-order valence-corrected chi connectivity index (χ2v) is 5.86. The van der Waals surface area contributed by atoms with Gasteiger partial charge in [-0.1, -0.05) is 12.1 Å². The van der Waals surface area contributed by atoms with Crippen LogP contribution in [0, 0.1) is 0 Å². The predicted molar refractivity (Wildman–Crippen MR) is 81.9 cm³/mol. The first-order valence-corrected chi connectivity index (χ1v) is 7.72. The topological polar surface area (TPSA) is 64.8 Å². The molecule has 1 heterocycles. The molecule has 1 aliphatic rings. The minimum absolute atomic E-state index is 0.0153. The standard InChI is InChI=1S/C16H21F3N2O3/c1-11-8-12(20)6-7-21(11)15(22)9-23-13-4-2-3-5-14(13)24-10-16(17,18)19/h2-5,11-12H,6-10,20H2,1H3. The minimum atomic E-state index is -4.44. The normalized spacial score (nSPS) is 21.5. The number of benzene rings is 1. The van der Waals surface area contributed by atoms with Crippen molar-refractivity contribution in [3.8, 4) is 11.5 Å². The Morgan fingerprint density at radius 1 is 1.29 bits per heavy atom. The lowest BCUT2D eigenvalue weighted by molar-refractivity contribution is -0.153. The minimum Gasteiger partial charge on any atom is -0.480 e. The molecule has 0 aliphatic carbocycles. The third-order valence-electron chi connectivity index (χ3n) is 3.83. The van der Waals surface area contributed by atoms with E-state index in [1.54, 1.807) is 11.0 Å². The molecule has 5 nitrogen and oxygen atoms in total. The van der Waals surface area contributed by atoms with E-state index in [0.29, 0.717) is 6.54 Å². The molecule has 8 heteroatoms. The average molecular weight is 346 g/mol. The first kappa shape index (κ1) is 18.4. The van der Waals surface area contributed by atoms with Gasteiger partial charge in [0.1, 0.15) is 0 Å². The number of likely N-dealkylation sites (tertiary alicyclic amines) is 1. The van der Waals surface area contributed by atoms with Crippen LogP contribution >= 0.6 is 0 Å². The summed E-state index contributed by atoms with van der Waals surface area (Å²) in [6.07, 6.45) is -3.00. The predicted octanol–water partition coefficient (Wildman–Crippen LogP) is 2.34. The maximum absolute atomic E-state index is 12.3. The number of carbonyl (C=O) groups excluding carboxylic acids is 1. The van der Waals surface area contributed by atoms with E-state index in [-0.39, 0.29) is 36.1 Å². The molecular formula is C16H21F3N2O3. The highest BCUT2D eigenvalue weighted by atomic mass is 19.4. The first-order valence-electron chi connectivity index (χ1n) is 7.72. The number of nitrogens with zero attached hydrogens (tertiary/aromatic N) is 1. The maximum atomic E-state index is 12.3. The van der Waals surface area contributed by atoms with E-state index in [4.69, 9.17) is 15.2 Å². The third kappa shape index (κ3) is 5.30. The zero-order valence-electron chi connectivity index (χ0n) is 13.4. The van der Waals surface area contributed by atoms with Crippen LogP contribution in [-0.2, 0) is 4.79 Å². The van der Waals surface area contributed by atoms with Crippen LogP contribution < -0.4 is 15.2 Å². The monoisotopic (exact) mass is 346 g/mol. The second kappa shape index (κ2) is 7.74. The molecule has 24 heavy (non-hydrogen) atoms. The van der Waals surface area contributed by atoms with E-state index in [2.05, 4.69) is 0 Å². The molecule has 2 N–H and O–H groups in total. The van der Waals surface area contributed by atoms with Gasteiger partial charge in [0.15, 0.2) is 24.7 Å². The van der Waals surface area contributed by atoms with Crippen LogP contribution in [0.4, 0.5) is 13.2 Å². The van der Waals surface area contributed by atoms with Crippen LogP contribution in [0.2, 0.25) is 0 Å². The molecule has 1 aromatic carbocycles. The quantitative estimate of drug-likeness (QED) is 0.889. The van der Waals surface area contributed by atoms with Gasteiger partial charge in [-0.15, -0.1) is 0 Å². The summed E-state index contributed by atoms with van der Waals surface area (Å²) in [4.78, 5) is 13.9. The average Bonchev–Trinajstić information content (AvgIpc) is 2.50. The fourth-order valence-corrected chi connectivity index (χ4v) is 2.65. The summed E-state index contributed by atoms with van der Waals surface area (Å²) in [7, 11) is 0. The molecule has 1 fully saturated rings. The van der Waals surface area contributed by atoms with Crippen molar-refractivity contribution in [3.63, 3.8) is 0 Å². The van der Waals surface area contributed by atoms with Gasteiger partial charge in [0.25, 0.3) is 5.91 Å². The van der Waals surface area contributed by atoms with Crippen LogP contribution in [0.15, 0.2) is 24.3 Å². The number of halogens is 3. The van der Waals surface area contributed by atoms with Gasteiger partial charge >= 0.3 is 6.18 Å². The van der Waals surface area contributed by atoms with Crippen LogP contribution in [0.3, 0.4) is 0 Å². The van der Waals surface area contributed by atoms with Crippen molar-refractivity contribution in [1.82, 2.24) is 4.90 Å². The SMILES string of the molecule is CC1CC(N)CCN1C(=O)COc1ccccc1OCC(F)(F)F. The Kier molecular flexibility index (Phi) is 5.93. The summed E-state index contributed by atoms with van der Waals surface area (Å²) in [5.41, 5.74) is 5.86. The summed E-state index contributed by atoms with van der Waals surface area (Å²) < 4.78 is 46.9. The van der Waals surface area contributed by atoms with Crippen LogP contribution in [0.1, 0.15) is 19.8 Å². The van der Waals surface area contributed by atoms with Crippen molar-refractivity contribution in [1.29, 1.82) is 0 Å². The number of para-hydroxylation sites is 2.